The minimum Gasteiger partial charge on any atom is -0.507 e. The summed E-state index contributed by atoms with van der Waals surface area (Å²) in [6.45, 7) is 5.97. The molecule has 53 heavy (non-hydrogen) atoms. The summed E-state index contributed by atoms with van der Waals surface area (Å²) in [5.74, 6) is -0.250. The Kier molecular flexibility index (Phi) is 8.67. The lowest BCUT2D eigenvalue weighted by Crippen LogP contribution is -2.57. The van der Waals surface area contributed by atoms with Gasteiger partial charge in [0, 0.05) is 79.5 Å². The molecule has 8 N–H and O–H groups in total. The zero-order valence-corrected chi connectivity index (χ0v) is 30.4. The molecular formula is C41H46N4O8. The number of allylic oxidation sites excluding steroid dienone is 8. The van der Waals surface area contributed by atoms with Crippen molar-refractivity contribution in [3.05, 3.63) is 114 Å². The van der Waals surface area contributed by atoms with Crippen molar-refractivity contribution in [3.8, 4) is 11.5 Å². The molecule has 1 unspecified atom stereocenters. The van der Waals surface area contributed by atoms with Crippen LogP contribution in [0.2, 0.25) is 0 Å². The number of carbonyl (C=O) groups excluding carboxylic acids is 1. The predicted molar refractivity (Wildman–Crippen MR) is 198 cm³/mol. The van der Waals surface area contributed by atoms with Gasteiger partial charge in [-0.2, -0.15) is 0 Å². The lowest BCUT2D eigenvalue weighted by atomic mass is 9.69. The number of esters is 1. The van der Waals surface area contributed by atoms with Gasteiger partial charge in [0.2, 0.25) is 0 Å². The first kappa shape index (κ1) is 35.0. The maximum Gasteiger partial charge on any atom is 0.333 e. The summed E-state index contributed by atoms with van der Waals surface area (Å²) < 4.78 is 25.6. The number of phenols is 1. The molecule has 2 bridgehead atoms. The number of dihydropyridines is 2. The molecule has 2 aromatic rings. The van der Waals surface area contributed by atoms with Crippen LogP contribution in [0, 0.1) is 11.8 Å². The molecule has 8 rings (SSSR count). The molecule has 5 heterocycles. The van der Waals surface area contributed by atoms with Crippen molar-refractivity contribution in [3.63, 3.8) is 0 Å². The Morgan fingerprint density at radius 2 is 1.98 bits per heavy atom. The lowest BCUT2D eigenvalue weighted by Gasteiger charge is -2.48. The summed E-state index contributed by atoms with van der Waals surface area (Å²) in [6.07, 6.45) is 11.1. The average Bonchev–Trinajstić information content (AvgIpc) is 3.37. The third-order valence-electron chi connectivity index (χ3n) is 11.9. The Hall–Kier alpha value is -5.04. The number of ether oxygens (including phenoxy) is 3. The van der Waals surface area contributed by atoms with Crippen molar-refractivity contribution in [2.24, 2.45) is 23.3 Å². The van der Waals surface area contributed by atoms with Crippen molar-refractivity contribution in [2.75, 3.05) is 20.3 Å². The highest BCUT2D eigenvalue weighted by Crippen LogP contribution is 2.58. The van der Waals surface area contributed by atoms with E-state index in [4.69, 9.17) is 30.1 Å². The fraction of sp³-hybridized carbons (Fsp3) is 0.415. The van der Waals surface area contributed by atoms with E-state index in [1.165, 1.54) is 11.6 Å². The van der Waals surface area contributed by atoms with E-state index in [0.717, 1.165) is 39.9 Å². The van der Waals surface area contributed by atoms with Crippen LogP contribution in [0.4, 0.5) is 0 Å². The molecule has 1 aromatic carbocycles. The fourth-order valence-corrected chi connectivity index (χ4v) is 9.02. The number of rotatable bonds is 6. The van der Waals surface area contributed by atoms with Gasteiger partial charge < -0.3 is 50.9 Å². The minimum atomic E-state index is -1.22. The Balaban J connectivity index is 1.47. The quantitative estimate of drug-likeness (QED) is 0.187. The van der Waals surface area contributed by atoms with Gasteiger partial charge >= 0.3 is 5.97 Å². The molecular weight excluding hydrogens is 676 g/mol. The molecule has 0 amide bonds. The van der Waals surface area contributed by atoms with E-state index >= 15 is 0 Å². The number of phenolic OH excluding ortho intramolecular Hbond substituents is 1. The summed E-state index contributed by atoms with van der Waals surface area (Å²) in [5, 5.41) is 28.6. The van der Waals surface area contributed by atoms with Crippen LogP contribution in [0.25, 0.3) is 11.0 Å². The van der Waals surface area contributed by atoms with E-state index in [2.05, 4.69) is 28.9 Å². The monoisotopic (exact) mass is 722 g/mol. The van der Waals surface area contributed by atoms with Gasteiger partial charge in [-0.1, -0.05) is 23.8 Å². The topological polar surface area (TPSA) is 192 Å². The Morgan fingerprint density at radius 1 is 1.17 bits per heavy atom. The van der Waals surface area contributed by atoms with Crippen molar-refractivity contribution < 1.29 is 33.6 Å². The second kappa shape index (κ2) is 13.1. The molecule has 4 aliphatic heterocycles. The number of nitrogens with one attached hydrogen (secondary N) is 2. The Bertz CT molecular complexity index is 2240. The number of carbonyl (C=O) groups is 1. The Morgan fingerprint density at radius 3 is 2.74 bits per heavy atom. The van der Waals surface area contributed by atoms with Gasteiger partial charge in [-0.15, -0.1) is 0 Å². The van der Waals surface area contributed by atoms with Crippen LogP contribution in [0.3, 0.4) is 0 Å². The number of hydrogen-bond acceptors (Lipinski definition) is 12. The van der Waals surface area contributed by atoms with E-state index in [1.807, 2.05) is 13.1 Å². The SMILES string of the molecule is C/C=C(/C)C(=O)O[C@@H]1Cc2c3c(c4oc(CO)cc(=O)c4c2O)CC2=CCNC(N)=C2C2=C[C@@H](CCOC)C4=C2[C@@H](CC2=CNC(N)C=C2C4)[C@]1(C)O3. The van der Waals surface area contributed by atoms with Crippen LogP contribution >= 0.6 is 0 Å². The highest BCUT2D eigenvalue weighted by molar-refractivity contribution is 5.92. The van der Waals surface area contributed by atoms with Crippen LogP contribution in [0.1, 0.15) is 56.9 Å². The molecule has 12 nitrogen and oxygen atoms in total. The second-order valence-electron chi connectivity index (χ2n) is 14.9. The van der Waals surface area contributed by atoms with Gasteiger partial charge in [-0.25, -0.2) is 4.79 Å². The minimum absolute atomic E-state index is 0.00412. The van der Waals surface area contributed by atoms with Crippen molar-refractivity contribution in [1.82, 2.24) is 10.6 Å². The largest absolute Gasteiger partial charge is 0.507 e. The van der Waals surface area contributed by atoms with Crippen LogP contribution in [-0.4, -0.2) is 54.3 Å². The fourth-order valence-electron chi connectivity index (χ4n) is 9.02. The first-order valence-corrected chi connectivity index (χ1v) is 18.2. The van der Waals surface area contributed by atoms with E-state index in [9.17, 15) is 19.8 Å². The number of aromatic hydroxyl groups is 1. The summed E-state index contributed by atoms with van der Waals surface area (Å²) >= 11 is 0. The van der Waals surface area contributed by atoms with Crippen molar-refractivity contribution >= 4 is 16.9 Å². The number of aliphatic hydroxyl groups is 1. The van der Waals surface area contributed by atoms with E-state index in [0.29, 0.717) is 54.3 Å². The van der Waals surface area contributed by atoms with E-state index in [-0.39, 0.29) is 47.4 Å². The highest BCUT2D eigenvalue weighted by atomic mass is 16.6. The summed E-state index contributed by atoms with van der Waals surface area (Å²) in [7, 11) is 1.70. The lowest BCUT2D eigenvalue weighted by molar-refractivity contribution is -0.162. The maximum atomic E-state index is 13.7. The standard InChI is InChI=1S/C41H46N4O8/c1-5-19(2)40(49)52-31-16-27-36(48)35-30(47)15-24(18-46)51-38(35)28-11-21-6-8-44-39(43)33(21)26-10-20(7-9-50-4)25-12-22-14-32(42)45-17-23(22)13-29(34(25)26)41(31,3)53-37(27)28/h5-6,10,14-15,17,20,29,31-32,44-46,48H,7-9,11-13,16,18,42-43H2,1-4H3/b19-5-/t20-,29-,31-,32?,41+/m1/s1. The smallest absolute Gasteiger partial charge is 0.333 e. The molecule has 0 saturated carbocycles. The average molecular weight is 723 g/mol. The molecule has 0 fully saturated rings. The molecule has 1 aromatic heterocycles. The normalized spacial score (nSPS) is 27.5. The van der Waals surface area contributed by atoms with Gasteiger partial charge in [-0.05, 0) is 74.0 Å². The maximum absolute atomic E-state index is 13.7. The van der Waals surface area contributed by atoms with Gasteiger partial charge in [0.1, 0.15) is 46.8 Å². The second-order valence-corrected chi connectivity index (χ2v) is 14.9. The van der Waals surface area contributed by atoms with E-state index < -0.39 is 35.6 Å². The first-order chi connectivity index (χ1) is 25.5. The third kappa shape index (κ3) is 5.53. The molecule has 0 radical (unpaired) electrons. The molecule has 0 saturated heterocycles. The van der Waals surface area contributed by atoms with Crippen LogP contribution in [0.15, 0.2) is 96.2 Å². The van der Waals surface area contributed by atoms with Crippen LogP contribution < -0.4 is 32.3 Å². The van der Waals surface area contributed by atoms with Gasteiger partial charge in [0.25, 0.3) is 0 Å². The highest BCUT2D eigenvalue weighted by Gasteiger charge is 2.56. The first-order valence-electron chi connectivity index (χ1n) is 18.2. The molecule has 278 valence electrons. The van der Waals surface area contributed by atoms with Crippen LogP contribution in [0.5, 0.6) is 11.5 Å². The van der Waals surface area contributed by atoms with Gasteiger partial charge in [0.15, 0.2) is 11.0 Å². The molecule has 0 spiro atoms. The summed E-state index contributed by atoms with van der Waals surface area (Å²) in [4.78, 5) is 27.3. The molecule has 6 aliphatic rings. The number of methoxy groups -OCH3 is 1. The van der Waals surface area contributed by atoms with Crippen LogP contribution in [-0.2, 0) is 33.7 Å². The third-order valence-corrected chi connectivity index (χ3v) is 11.9. The zero-order chi connectivity index (χ0) is 37.3. The van der Waals surface area contributed by atoms with Gasteiger partial charge in [0.05, 0.1) is 6.17 Å². The van der Waals surface area contributed by atoms with Crippen molar-refractivity contribution in [2.45, 2.75) is 77.4 Å². The summed E-state index contributed by atoms with van der Waals surface area (Å²) in [6, 6.07) is 1.19. The molecule has 12 heteroatoms. The number of hydrogen-bond donors (Lipinski definition) is 6. The molecule has 5 atom stereocenters. The number of aliphatic hydroxyl groups excluding tert-OH is 1. The number of nitrogens with two attached hydrogens (primary N) is 2. The number of fused-ring (bicyclic) bond motifs is 7. The van der Waals surface area contributed by atoms with E-state index in [1.54, 1.807) is 27.0 Å². The Labute approximate surface area is 307 Å². The number of benzene rings is 1. The summed E-state index contributed by atoms with van der Waals surface area (Å²) in [5.41, 5.74) is 20.3. The van der Waals surface area contributed by atoms with Gasteiger partial charge in [-0.3, -0.25) is 4.79 Å². The van der Waals surface area contributed by atoms with Crippen molar-refractivity contribution in [1.29, 1.82) is 0 Å². The molecule has 2 aliphatic carbocycles. The zero-order valence-electron chi connectivity index (χ0n) is 30.4. The predicted octanol–water partition coefficient (Wildman–Crippen LogP) is 3.82.